The molecule has 0 bridgehead atoms. The predicted molar refractivity (Wildman–Crippen MR) is 100 cm³/mol. The molecule has 0 atom stereocenters. The van der Waals surface area contributed by atoms with Crippen molar-refractivity contribution in [3.8, 4) is 11.3 Å². The first-order valence-corrected chi connectivity index (χ1v) is 9.40. The van der Waals surface area contributed by atoms with Crippen molar-refractivity contribution in [1.29, 1.82) is 0 Å². The number of aromatic nitrogens is 1. The molecule has 1 aliphatic carbocycles. The van der Waals surface area contributed by atoms with Gasteiger partial charge in [0.15, 0.2) is 5.13 Å². The van der Waals surface area contributed by atoms with Crippen molar-refractivity contribution in [3.63, 3.8) is 0 Å². The fourth-order valence-electron chi connectivity index (χ4n) is 3.46. The van der Waals surface area contributed by atoms with E-state index < -0.39 is 0 Å². The van der Waals surface area contributed by atoms with E-state index in [1.165, 1.54) is 47.8 Å². The van der Waals surface area contributed by atoms with Gasteiger partial charge in [-0.05, 0) is 35.6 Å². The van der Waals surface area contributed by atoms with E-state index in [2.05, 4.69) is 40.6 Å². The third kappa shape index (κ3) is 3.34. The van der Waals surface area contributed by atoms with Gasteiger partial charge in [0.25, 0.3) is 0 Å². The van der Waals surface area contributed by atoms with E-state index in [0.717, 1.165) is 11.3 Å². The Bertz CT molecular complexity index is 865. The molecule has 3 aromatic rings. The van der Waals surface area contributed by atoms with Crippen LogP contribution in [-0.4, -0.2) is 10.9 Å². The Morgan fingerprint density at radius 2 is 1.92 bits per heavy atom. The summed E-state index contributed by atoms with van der Waals surface area (Å²) in [7, 11) is 0. The number of anilines is 1. The van der Waals surface area contributed by atoms with Crippen LogP contribution in [0.4, 0.5) is 5.13 Å². The third-order valence-electron chi connectivity index (χ3n) is 4.74. The van der Waals surface area contributed by atoms with Crippen LogP contribution < -0.4 is 5.32 Å². The van der Waals surface area contributed by atoms with Gasteiger partial charge in [-0.2, -0.15) is 0 Å². The lowest BCUT2D eigenvalue weighted by Crippen LogP contribution is -2.14. The number of amides is 1. The number of nitrogens with one attached hydrogen (secondary N) is 1. The molecule has 24 heavy (non-hydrogen) atoms. The standard InChI is InChI=1S/C20H20N2OS/c23-19(11-14-5-1-2-6-14)22-20-21-18(13-24-20)17-10-9-15-7-3-4-8-16(15)12-17/h3-4,7-10,12-14H,1-2,5-6,11H2,(H,21,22,23). The number of rotatable bonds is 4. The van der Waals surface area contributed by atoms with Crippen molar-refractivity contribution in [2.45, 2.75) is 32.1 Å². The Kier molecular flexibility index (Phi) is 4.30. The average molecular weight is 336 g/mol. The molecule has 1 aliphatic rings. The van der Waals surface area contributed by atoms with E-state index in [-0.39, 0.29) is 5.91 Å². The van der Waals surface area contributed by atoms with Crippen molar-refractivity contribution in [2.24, 2.45) is 5.92 Å². The number of benzene rings is 2. The van der Waals surface area contributed by atoms with Gasteiger partial charge in [0.1, 0.15) is 0 Å². The number of carbonyl (C=O) groups excluding carboxylic acids is 1. The van der Waals surface area contributed by atoms with Crippen molar-refractivity contribution in [3.05, 3.63) is 47.8 Å². The number of nitrogens with zero attached hydrogens (tertiary/aromatic N) is 1. The lowest BCUT2D eigenvalue weighted by molar-refractivity contribution is -0.117. The van der Waals surface area contributed by atoms with Crippen LogP contribution in [0.25, 0.3) is 22.0 Å². The zero-order chi connectivity index (χ0) is 16.4. The molecule has 1 amide bonds. The molecule has 0 radical (unpaired) electrons. The molecule has 4 rings (SSSR count). The highest BCUT2D eigenvalue weighted by Gasteiger charge is 2.19. The molecule has 3 nitrogen and oxygen atoms in total. The predicted octanol–water partition coefficient (Wildman–Crippen LogP) is 5.48. The molecule has 1 aromatic heterocycles. The summed E-state index contributed by atoms with van der Waals surface area (Å²) in [5.41, 5.74) is 2.00. The molecule has 122 valence electrons. The van der Waals surface area contributed by atoms with Crippen LogP contribution in [0.5, 0.6) is 0 Å². The Labute approximate surface area is 145 Å². The van der Waals surface area contributed by atoms with Gasteiger partial charge in [0.2, 0.25) is 5.91 Å². The Balaban J connectivity index is 1.47. The van der Waals surface area contributed by atoms with E-state index in [4.69, 9.17) is 0 Å². The molecule has 1 heterocycles. The van der Waals surface area contributed by atoms with E-state index in [1.807, 2.05) is 17.5 Å². The van der Waals surface area contributed by atoms with Gasteiger partial charge in [0.05, 0.1) is 5.69 Å². The fraction of sp³-hybridized carbons (Fsp3) is 0.300. The van der Waals surface area contributed by atoms with Gasteiger partial charge in [0, 0.05) is 17.4 Å². The molecular formula is C20H20N2OS. The van der Waals surface area contributed by atoms with Gasteiger partial charge < -0.3 is 5.32 Å². The normalized spacial score (nSPS) is 15.0. The second kappa shape index (κ2) is 6.73. The lowest BCUT2D eigenvalue weighted by Gasteiger charge is -2.07. The first kappa shape index (κ1) is 15.3. The maximum absolute atomic E-state index is 12.1. The maximum atomic E-state index is 12.1. The summed E-state index contributed by atoms with van der Waals surface area (Å²) < 4.78 is 0. The number of carbonyl (C=O) groups is 1. The highest BCUT2D eigenvalue weighted by Crippen LogP contribution is 2.30. The second-order valence-electron chi connectivity index (χ2n) is 6.50. The maximum Gasteiger partial charge on any atom is 0.226 e. The highest BCUT2D eigenvalue weighted by atomic mass is 32.1. The van der Waals surface area contributed by atoms with Gasteiger partial charge in [-0.25, -0.2) is 4.98 Å². The molecular weight excluding hydrogens is 316 g/mol. The van der Waals surface area contributed by atoms with Crippen LogP contribution in [-0.2, 0) is 4.79 Å². The minimum Gasteiger partial charge on any atom is -0.302 e. The lowest BCUT2D eigenvalue weighted by atomic mass is 10.0. The van der Waals surface area contributed by atoms with Gasteiger partial charge in [-0.3, -0.25) is 4.79 Å². The van der Waals surface area contributed by atoms with Gasteiger partial charge in [-0.15, -0.1) is 11.3 Å². The molecule has 1 fully saturated rings. The number of fused-ring (bicyclic) bond motifs is 1. The third-order valence-corrected chi connectivity index (χ3v) is 5.50. The number of hydrogen-bond donors (Lipinski definition) is 1. The summed E-state index contributed by atoms with van der Waals surface area (Å²) in [6.07, 6.45) is 5.54. The molecule has 1 N–H and O–H groups in total. The minimum absolute atomic E-state index is 0.0984. The van der Waals surface area contributed by atoms with Crippen LogP contribution in [0, 0.1) is 5.92 Å². The van der Waals surface area contributed by atoms with Gasteiger partial charge >= 0.3 is 0 Å². The quantitative estimate of drug-likeness (QED) is 0.685. The number of thiazole rings is 1. The highest BCUT2D eigenvalue weighted by molar-refractivity contribution is 7.14. The topological polar surface area (TPSA) is 42.0 Å². The molecule has 2 aromatic carbocycles. The largest absolute Gasteiger partial charge is 0.302 e. The fourth-order valence-corrected chi connectivity index (χ4v) is 4.20. The molecule has 0 saturated heterocycles. The summed E-state index contributed by atoms with van der Waals surface area (Å²) in [4.78, 5) is 16.7. The minimum atomic E-state index is 0.0984. The zero-order valence-corrected chi connectivity index (χ0v) is 14.3. The van der Waals surface area contributed by atoms with Crippen LogP contribution >= 0.6 is 11.3 Å². The van der Waals surface area contributed by atoms with Crippen molar-refractivity contribution >= 4 is 33.1 Å². The smallest absolute Gasteiger partial charge is 0.226 e. The van der Waals surface area contributed by atoms with Crippen LogP contribution in [0.1, 0.15) is 32.1 Å². The molecule has 4 heteroatoms. The van der Waals surface area contributed by atoms with Crippen molar-refractivity contribution in [1.82, 2.24) is 4.98 Å². The molecule has 0 spiro atoms. The van der Waals surface area contributed by atoms with Crippen molar-refractivity contribution in [2.75, 3.05) is 5.32 Å². The SMILES string of the molecule is O=C(CC1CCCC1)Nc1nc(-c2ccc3ccccc3c2)cs1. The number of hydrogen-bond acceptors (Lipinski definition) is 3. The molecule has 0 unspecified atom stereocenters. The van der Waals surface area contributed by atoms with Crippen LogP contribution in [0.3, 0.4) is 0 Å². The Hall–Kier alpha value is -2.20. The summed E-state index contributed by atoms with van der Waals surface area (Å²) in [6.45, 7) is 0. The summed E-state index contributed by atoms with van der Waals surface area (Å²) in [5, 5.41) is 8.10. The second-order valence-corrected chi connectivity index (χ2v) is 7.36. The monoisotopic (exact) mass is 336 g/mol. The Morgan fingerprint density at radius 3 is 2.75 bits per heavy atom. The Morgan fingerprint density at radius 1 is 1.12 bits per heavy atom. The summed E-state index contributed by atoms with van der Waals surface area (Å²) in [5.74, 6) is 0.659. The van der Waals surface area contributed by atoms with E-state index in [1.54, 1.807) is 0 Å². The van der Waals surface area contributed by atoms with Crippen molar-refractivity contribution < 1.29 is 4.79 Å². The zero-order valence-electron chi connectivity index (χ0n) is 13.5. The summed E-state index contributed by atoms with van der Waals surface area (Å²) in [6, 6.07) is 14.6. The van der Waals surface area contributed by atoms with E-state index >= 15 is 0 Å². The van der Waals surface area contributed by atoms with E-state index in [0.29, 0.717) is 17.5 Å². The summed E-state index contributed by atoms with van der Waals surface area (Å²) >= 11 is 1.49. The van der Waals surface area contributed by atoms with Gasteiger partial charge in [-0.1, -0.05) is 49.2 Å². The molecule has 1 saturated carbocycles. The molecule has 0 aliphatic heterocycles. The van der Waals surface area contributed by atoms with E-state index in [9.17, 15) is 4.79 Å². The van der Waals surface area contributed by atoms with Crippen LogP contribution in [0.15, 0.2) is 47.8 Å². The van der Waals surface area contributed by atoms with Crippen LogP contribution in [0.2, 0.25) is 0 Å². The average Bonchev–Trinajstić information content (AvgIpc) is 3.26. The first-order valence-electron chi connectivity index (χ1n) is 8.52. The first-order chi connectivity index (χ1) is 11.8.